The molecule has 0 fully saturated rings. The Morgan fingerprint density at radius 1 is 1.40 bits per heavy atom. The Bertz CT molecular complexity index is 657. The van der Waals surface area contributed by atoms with Crippen molar-refractivity contribution in [2.24, 2.45) is 0 Å². The van der Waals surface area contributed by atoms with Crippen LogP contribution in [-0.4, -0.2) is 35.6 Å². The van der Waals surface area contributed by atoms with Crippen molar-refractivity contribution in [2.75, 3.05) is 0 Å². The van der Waals surface area contributed by atoms with Gasteiger partial charge in [-0.1, -0.05) is 0 Å². The van der Waals surface area contributed by atoms with Gasteiger partial charge in [0, 0.05) is 6.54 Å². The molecule has 1 N–H and O–H groups in total. The minimum atomic E-state index is -4.81. The third kappa shape index (κ3) is 1.59. The van der Waals surface area contributed by atoms with Gasteiger partial charge >= 0.3 is 6.18 Å². The first-order valence-electron chi connectivity index (χ1n) is 5.98. The van der Waals surface area contributed by atoms with Crippen LogP contribution in [0.1, 0.15) is 25.7 Å². The van der Waals surface area contributed by atoms with Gasteiger partial charge in [-0.25, -0.2) is 4.98 Å². The highest BCUT2D eigenvalue weighted by molar-refractivity contribution is 5.51. The van der Waals surface area contributed by atoms with Gasteiger partial charge in [-0.2, -0.15) is 13.2 Å². The lowest BCUT2D eigenvalue weighted by atomic mass is 10.0. The average molecular weight is 287 g/mol. The molecule has 0 radical (unpaired) electrons. The zero-order valence-electron chi connectivity index (χ0n) is 10.8. The van der Waals surface area contributed by atoms with Crippen molar-refractivity contribution >= 4 is 0 Å². The summed E-state index contributed by atoms with van der Waals surface area (Å²) in [5, 5.41) is 17.5. The van der Waals surface area contributed by atoms with Crippen molar-refractivity contribution in [3.05, 3.63) is 18.3 Å². The monoisotopic (exact) mass is 287 g/mol. The minimum Gasteiger partial charge on any atom is -0.374 e. The molecule has 1 aliphatic rings. The fraction of sp³-hybridized carbons (Fsp3) is 0.545. The van der Waals surface area contributed by atoms with E-state index in [1.54, 1.807) is 11.5 Å². The molecule has 1 unspecified atom stereocenters. The van der Waals surface area contributed by atoms with E-state index in [4.69, 9.17) is 0 Å². The van der Waals surface area contributed by atoms with E-state index in [9.17, 15) is 18.3 Å². The number of aromatic nitrogens is 5. The average Bonchev–Trinajstić information content (AvgIpc) is 2.91. The fourth-order valence-electron chi connectivity index (χ4n) is 2.41. The predicted molar refractivity (Wildman–Crippen MR) is 61.6 cm³/mol. The molecule has 3 rings (SSSR count). The molecule has 2 atom stereocenters. The first-order valence-corrected chi connectivity index (χ1v) is 5.98. The molecular weight excluding hydrogens is 275 g/mol. The van der Waals surface area contributed by atoms with Crippen molar-refractivity contribution in [2.45, 2.75) is 38.2 Å². The molecule has 20 heavy (non-hydrogen) atoms. The Morgan fingerprint density at radius 2 is 2.10 bits per heavy atom. The molecule has 2 aromatic heterocycles. The molecule has 0 amide bonds. The summed E-state index contributed by atoms with van der Waals surface area (Å²) in [6, 6.07) is -0.292. The lowest BCUT2D eigenvalue weighted by Gasteiger charge is -2.31. The summed E-state index contributed by atoms with van der Waals surface area (Å²) in [5.41, 5.74) is -2.59. The summed E-state index contributed by atoms with van der Waals surface area (Å²) in [6.07, 6.45) is -2.00. The lowest BCUT2D eigenvalue weighted by molar-refractivity contribution is -0.262. The van der Waals surface area contributed by atoms with Crippen molar-refractivity contribution in [3.8, 4) is 11.5 Å². The molecule has 6 nitrogen and oxygen atoms in total. The normalized spacial score (nSPS) is 21.2. The first-order chi connectivity index (χ1) is 9.23. The van der Waals surface area contributed by atoms with Crippen LogP contribution in [0.25, 0.3) is 11.5 Å². The minimum absolute atomic E-state index is 0.292. The van der Waals surface area contributed by atoms with E-state index in [0.717, 1.165) is 0 Å². The predicted octanol–water partition coefficient (Wildman–Crippen LogP) is 1.49. The first kappa shape index (κ1) is 13.1. The van der Waals surface area contributed by atoms with E-state index >= 15 is 0 Å². The van der Waals surface area contributed by atoms with Crippen LogP contribution >= 0.6 is 0 Å². The number of halogens is 3. The largest absolute Gasteiger partial charge is 0.424 e. The summed E-state index contributed by atoms with van der Waals surface area (Å²) in [6.45, 7) is 2.88. The molecule has 0 saturated heterocycles. The summed E-state index contributed by atoms with van der Waals surface area (Å²) < 4.78 is 42.1. The molecule has 1 aliphatic heterocycles. The molecule has 9 heteroatoms. The van der Waals surface area contributed by atoms with Gasteiger partial charge < -0.3 is 14.2 Å². The Kier molecular flexibility index (Phi) is 2.50. The molecule has 0 bridgehead atoms. The van der Waals surface area contributed by atoms with Crippen LogP contribution in [0.4, 0.5) is 13.2 Å². The summed E-state index contributed by atoms with van der Waals surface area (Å²) in [7, 11) is 0. The molecular formula is C11H12F3N5O. The highest BCUT2D eigenvalue weighted by atomic mass is 19.4. The molecule has 0 saturated carbocycles. The number of alkyl halides is 3. The van der Waals surface area contributed by atoms with E-state index in [2.05, 4.69) is 15.2 Å². The van der Waals surface area contributed by atoms with Crippen molar-refractivity contribution in [1.82, 2.24) is 24.3 Å². The lowest BCUT2D eigenvalue weighted by Crippen LogP contribution is -2.42. The standard InChI is InChI=1S/C11H12F3N5O/c1-6-4-18-5-16-17-8(18)7-3-15-9(19(6)7)10(2,20)11(12,13)14/h3,5-6,20H,4H2,1-2H3/t6-,10?/m0/s1. The van der Waals surface area contributed by atoms with Gasteiger partial charge in [-0.3, -0.25) is 0 Å². The van der Waals surface area contributed by atoms with Gasteiger partial charge in [0.25, 0.3) is 0 Å². The van der Waals surface area contributed by atoms with Crippen molar-refractivity contribution < 1.29 is 18.3 Å². The van der Waals surface area contributed by atoms with Gasteiger partial charge in [0.1, 0.15) is 12.0 Å². The van der Waals surface area contributed by atoms with Crippen LogP contribution in [0.2, 0.25) is 0 Å². The number of aliphatic hydroxyl groups is 1. The van der Waals surface area contributed by atoms with Crippen LogP contribution in [0.3, 0.4) is 0 Å². The molecule has 0 aliphatic carbocycles. The highest BCUT2D eigenvalue weighted by Gasteiger charge is 2.55. The molecule has 2 aromatic rings. The van der Waals surface area contributed by atoms with E-state index in [0.29, 0.717) is 25.0 Å². The van der Waals surface area contributed by atoms with Crippen LogP contribution in [0.5, 0.6) is 0 Å². The van der Waals surface area contributed by atoms with Crippen molar-refractivity contribution in [3.63, 3.8) is 0 Å². The number of fused-ring (bicyclic) bond motifs is 3. The SMILES string of the molecule is C[C@H]1Cn2cnnc2-c2cnc(C(C)(O)C(F)(F)F)n21. The summed E-state index contributed by atoms with van der Waals surface area (Å²) in [5.74, 6) is 0.0153. The zero-order chi connectivity index (χ0) is 14.7. The van der Waals surface area contributed by atoms with Gasteiger partial charge in [0.15, 0.2) is 11.6 Å². The van der Waals surface area contributed by atoms with Crippen LogP contribution in [-0.2, 0) is 12.1 Å². The molecule has 108 valence electrons. The molecule has 3 heterocycles. The third-order valence-corrected chi connectivity index (χ3v) is 3.53. The number of nitrogens with zero attached hydrogens (tertiary/aromatic N) is 5. The quantitative estimate of drug-likeness (QED) is 0.862. The maximum Gasteiger partial charge on any atom is 0.424 e. The molecule has 0 spiro atoms. The smallest absolute Gasteiger partial charge is 0.374 e. The Labute approximate surface area is 111 Å². The van der Waals surface area contributed by atoms with Gasteiger partial charge in [-0.05, 0) is 13.8 Å². The van der Waals surface area contributed by atoms with E-state index < -0.39 is 17.6 Å². The fourth-order valence-corrected chi connectivity index (χ4v) is 2.41. The number of rotatable bonds is 1. The van der Waals surface area contributed by atoms with E-state index in [1.165, 1.54) is 17.1 Å². The van der Waals surface area contributed by atoms with Crippen LogP contribution in [0.15, 0.2) is 12.5 Å². The van der Waals surface area contributed by atoms with Crippen LogP contribution in [0, 0.1) is 0 Å². The van der Waals surface area contributed by atoms with Gasteiger partial charge in [0.2, 0.25) is 5.60 Å². The van der Waals surface area contributed by atoms with Crippen molar-refractivity contribution in [1.29, 1.82) is 0 Å². The van der Waals surface area contributed by atoms with Gasteiger partial charge in [0.05, 0.1) is 12.2 Å². The third-order valence-electron chi connectivity index (χ3n) is 3.53. The van der Waals surface area contributed by atoms with Gasteiger partial charge in [-0.15, -0.1) is 10.2 Å². The second-order valence-electron chi connectivity index (χ2n) is 5.06. The van der Waals surface area contributed by atoms with Crippen LogP contribution < -0.4 is 0 Å². The topological polar surface area (TPSA) is 68.8 Å². The number of hydrogen-bond acceptors (Lipinski definition) is 4. The maximum atomic E-state index is 13.0. The second-order valence-corrected chi connectivity index (χ2v) is 5.06. The highest BCUT2D eigenvalue weighted by Crippen LogP contribution is 2.41. The number of imidazole rings is 1. The maximum absolute atomic E-state index is 13.0. The van der Waals surface area contributed by atoms with E-state index in [1.807, 2.05) is 0 Å². The van der Waals surface area contributed by atoms with E-state index in [-0.39, 0.29) is 6.04 Å². The Hall–Kier alpha value is -1.90. The summed E-state index contributed by atoms with van der Waals surface area (Å²) in [4.78, 5) is 3.78. The second kappa shape index (κ2) is 3.81. The number of hydrogen-bond donors (Lipinski definition) is 1. The Balaban J connectivity index is 2.20. The summed E-state index contributed by atoms with van der Waals surface area (Å²) >= 11 is 0. The zero-order valence-corrected chi connectivity index (χ0v) is 10.8. The Morgan fingerprint density at radius 3 is 2.75 bits per heavy atom. The molecule has 0 aromatic carbocycles.